The molecular formula is C33H24F3N3. The molecule has 5 aromatic carbocycles. The van der Waals surface area contributed by atoms with Crippen LogP contribution >= 0.6 is 0 Å². The van der Waals surface area contributed by atoms with Crippen LogP contribution in [0.3, 0.4) is 0 Å². The summed E-state index contributed by atoms with van der Waals surface area (Å²) in [6.07, 6.45) is 0. The van der Waals surface area contributed by atoms with Crippen LogP contribution in [0.15, 0.2) is 121 Å². The normalized spacial score (nSPS) is 11.6. The highest BCUT2D eigenvalue weighted by Crippen LogP contribution is 2.44. The zero-order valence-corrected chi connectivity index (χ0v) is 21.1. The fourth-order valence-corrected chi connectivity index (χ4v) is 5.38. The van der Waals surface area contributed by atoms with Gasteiger partial charge >= 0.3 is 0 Å². The number of nitrogens with zero attached hydrogens (tertiary/aromatic N) is 2. The van der Waals surface area contributed by atoms with E-state index in [9.17, 15) is 13.2 Å². The van der Waals surface area contributed by atoms with Crippen molar-refractivity contribution < 1.29 is 13.2 Å². The Balaban J connectivity index is 1.70. The molecule has 6 rings (SSSR count). The molecule has 1 N–H and O–H groups in total. The Morgan fingerprint density at radius 1 is 0.641 bits per heavy atom. The van der Waals surface area contributed by atoms with E-state index in [1.54, 1.807) is 19.2 Å². The summed E-state index contributed by atoms with van der Waals surface area (Å²) >= 11 is 0. The molecule has 0 atom stereocenters. The molecule has 0 aliphatic rings. The van der Waals surface area contributed by atoms with Crippen molar-refractivity contribution in [2.24, 2.45) is 0 Å². The van der Waals surface area contributed by atoms with Crippen LogP contribution in [0, 0.1) is 17.5 Å². The largest absolute Gasteiger partial charge is 0.371 e. The maximum atomic E-state index is 14.7. The highest BCUT2D eigenvalue weighted by Gasteiger charge is 2.40. The number of hydrogen-bond donors (Lipinski definition) is 1. The van der Waals surface area contributed by atoms with E-state index in [1.165, 1.54) is 6.07 Å². The number of halogens is 3. The quantitative estimate of drug-likeness (QED) is 0.178. The van der Waals surface area contributed by atoms with Gasteiger partial charge in [0.05, 0.1) is 5.52 Å². The number of nitrogens with one attached hydrogen (secondary N) is 1. The first-order valence-electron chi connectivity index (χ1n) is 12.6. The smallest absolute Gasteiger partial charge is 0.195 e. The summed E-state index contributed by atoms with van der Waals surface area (Å²) in [5, 5.41) is 8.96. The molecular weight excluding hydrogens is 495 g/mol. The number of rotatable bonds is 6. The molecule has 0 bridgehead atoms. The number of anilines is 1. The number of hydrogen-bond acceptors (Lipinski definition) is 2. The molecule has 0 saturated heterocycles. The molecule has 0 amide bonds. The van der Waals surface area contributed by atoms with Gasteiger partial charge in [0.1, 0.15) is 5.54 Å². The predicted octanol–water partition coefficient (Wildman–Crippen LogP) is 8.00. The van der Waals surface area contributed by atoms with Crippen molar-refractivity contribution in [1.82, 2.24) is 9.78 Å². The summed E-state index contributed by atoms with van der Waals surface area (Å²) in [6, 6.07) is 38.0. The minimum absolute atomic E-state index is 0.0222. The lowest BCUT2D eigenvalue weighted by molar-refractivity contribution is 0.449. The van der Waals surface area contributed by atoms with E-state index in [0.29, 0.717) is 16.8 Å². The van der Waals surface area contributed by atoms with Crippen LogP contribution in [0.4, 0.5) is 19.0 Å². The van der Waals surface area contributed by atoms with Crippen LogP contribution in [0.5, 0.6) is 0 Å². The number of benzene rings is 5. The molecule has 6 heteroatoms. The highest BCUT2D eigenvalue weighted by molar-refractivity contribution is 5.94. The Hall–Kier alpha value is -4.84. The van der Waals surface area contributed by atoms with Gasteiger partial charge in [-0.15, -0.1) is 0 Å². The SMILES string of the molecule is CNc1nn(C(c2ccccc2)(c2ccccc2)c2ccccc2)c2ccc(-c3ccc(F)c(F)c3F)cc12. The molecule has 0 saturated carbocycles. The van der Waals surface area contributed by atoms with Gasteiger partial charge in [-0.1, -0.05) is 97.1 Å². The topological polar surface area (TPSA) is 29.9 Å². The fraction of sp³-hybridized carbons (Fsp3) is 0.0606. The zero-order valence-electron chi connectivity index (χ0n) is 21.1. The van der Waals surface area contributed by atoms with Crippen molar-refractivity contribution in [2.45, 2.75) is 5.54 Å². The number of fused-ring (bicyclic) bond motifs is 1. The van der Waals surface area contributed by atoms with Gasteiger partial charge in [-0.3, -0.25) is 0 Å². The molecule has 6 aromatic rings. The molecule has 39 heavy (non-hydrogen) atoms. The second-order valence-electron chi connectivity index (χ2n) is 9.27. The van der Waals surface area contributed by atoms with Crippen LogP contribution < -0.4 is 5.32 Å². The summed E-state index contributed by atoms with van der Waals surface area (Å²) in [7, 11) is 1.77. The van der Waals surface area contributed by atoms with Gasteiger partial charge in [0.15, 0.2) is 23.3 Å². The maximum absolute atomic E-state index is 14.7. The van der Waals surface area contributed by atoms with E-state index in [0.717, 1.165) is 28.3 Å². The monoisotopic (exact) mass is 519 g/mol. The van der Waals surface area contributed by atoms with Crippen molar-refractivity contribution in [2.75, 3.05) is 12.4 Å². The lowest BCUT2D eigenvalue weighted by Crippen LogP contribution is -2.38. The minimum Gasteiger partial charge on any atom is -0.371 e. The molecule has 0 radical (unpaired) electrons. The first-order valence-corrected chi connectivity index (χ1v) is 12.6. The molecule has 1 heterocycles. The van der Waals surface area contributed by atoms with E-state index >= 15 is 0 Å². The predicted molar refractivity (Wildman–Crippen MR) is 149 cm³/mol. The fourth-order valence-electron chi connectivity index (χ4n) is 5.38. The zero-order chi connectivity index (χ0) is 27.0. The van der Waals surface area contributed by atoms with E-state index in [2.05, 4.69) is 41.7 Å². The average molecular weight is 520 g/mol. The third kappa shape index (κ3) is 3.87. The third-order valence-electron chi connectivity index (χ3n) is 7.16. The van der Waals surface area contributed by atoms with Crippen molar-refractivity contribution in [3.63, 3.8) is 0 Å². The van der Waals surface area contributed by atoms with Gasteiger partial charge in [-0.05, 0) is 46.5 Å². The van der Waals surface area contributed by atoms with Gasteiger partial charge < -0.3 is 5.32 Å². The Labute approximate surface area is 224 Å². The summed E-state index contributed by atoms with van der Waals surface area (Å²) in [5.41, 5.74) is 3.33. The standard InChI is InChI=1S/C33H24F3N3/c1-37-32-27-21-22(26-18-19-28(34)31(36)30(26)35)17-20-29(27)39(38-32)33(23-11-5-2-6-12-23,24-13-7-3-8-14-24)25-15-9-4-10-16-25/h2-21H,1H3,(H,37,38). The van der Waals surface area contributed by atoms with E-state index in [4.69, 9.17) is 5.10 Å². The van der Waals surface area contributed by atoms with Gasteiger partial charge in [0, 0.05) is 18.0 Å². The molecule has 0 fully saturated rings. The average Bonchev–Trinajstić information content (AvgIpc) is 3.36. The van der Waals surface area contributed by atoms with Crippen LogP contribution in [0.2, 0.25) is 0 Å². The first-order chi connectivity index (χ1) is 19.1. The Kier molecular flexibility index (Phi) is 6.15. The second kappa shape index (κ2) is 9.80. The maximum Gasteiger partial charge on any atom is 0.195 e. The summed E-state index contributed by atoms with van der Waals surface area (Å²) in [4.78, 5) is 0. The molecule has 0 aliphatic carbocycles. The summed E-state index contributed by atoms with van der Waals surface area (Å²) in [5.74, 6) is -3.37. The van der Waals surface area contributed by atoms with Crippen molar-refractivity contribution in [3.8, 4) is 11.1 Å². The van der Waals surface area contributed by atoms with E-state index in [1.807, 2.05) is 65.3 Å². The van der Waals surface area contributed by atoms with Gasteiger partial charge in [0.2, 0.25) is 0 Å². The Morgan fingerprint density at radius 2 is 1.18 bits per heavy atom. The van der Waals surface area contributed by atoms with Gasteiger partial charge in [-0.25, -0.2) is 17.9 Å². The molecule has 0 spiro atoms. The van der Waals surface area contributed by atoms with Crippen LogP contribution in [0.25, 0.3) is 22.0 Å². The summed E-state index contributed by atoms with van der Waals surface area (Å²) in [6.45, 7) is 0. The third-order valence-corrected chi connectivity index (χ3v) is 7.16. The lowest BCUT2D eigenvalue weighted by atomic mass is 9.77. The van der Waals surface area contributed by atoms with Crippen LogP contribution in [-0.4, -0.2) is 16.8 Å². The minimum atomic E-state index is -1.49. The summed E-state index contributed by atoms with van der Waals surface area (Å²) < 4.78 is 44.4. The van der Waals surface area contributed by atoms with Gasteiger partial charge in [0.25, 0.3) is 0 Å². The van der Waals surface area contributed by atoms with Crippen LogP contribution in [0.1, 0.15) is 16.7 Å². The highest BCUT2D eigenvalue weighted by atomic mass is 19.2. The van der Waals surface area contributed by atoms with Crippen molar-refractivity contribution in [3.05, 3.63) is 155 Å². The van der Waals surface area contributed by atoms with Gasteiger partial charge in [-0.2, -0.15) is 5.10 Å². The first kappa shape index (κ1) is 24.5. The lowest BCUT2D eigenvalue weighted by Gasteiger charge is -2.37. The molecule has 0 unspecified atom stereocenters. The Bertz CT molecular complexity index is 1670. The molecule has 3 nitrogen and oxygen atoms in total. The van der Waals surface area contributed by atoms with Crippen molar-refractivity contribution in [1.29, 1.82) is 0 Å². The Morgan fingerprint density at radius 3 is 1.69 bits per heavy atom. The van der Waals surface area contributed by atoms with E-state index < -0.39 is 23.0 Å². The van der Waals surface area contributed by atoms with E-state index in [-0.39, 0.29) is 5.56 Å². The molecule has 0 aliphatic heterocycles. The van der Waals surface area contributed by atoms with Crippen LogP contribution in [-0.2, 0) is 5.54 Å². The molecule has 192 valence electrons. The number of aromatic nitrogens is 2. The van der Waals surface area contributed by atoms with Crippen molar-refractivity contribution >= 4 is 16.7 Å². The molecule has 1 aromatic heterocycles. The second-order valence-corrected chi connectivity index (χ2v) is 9.27.